The van der Waals surface area contributed by atoms with E-state index in [0.717, 1.165) is 17.9 Å². The molecule has 102 valence electrons. The average molecular weight is 266 g/mol. The first-order valence-electron chi connectivity index (χ1n) is 6.86. The molecule has 20 heavy (non-hydrogen) atoms. The lowest BCUT2D eigenvalue weighted by Crippen LogP contribution is -2.25. The van der Waals surface area contributed by atoms with Crippen molar-refractivity contribution in [2.24, 2.45) is 7.05 Å². The van der Waals surface area contributed by atoms with Crippen molar-refractivity contribution in [3.8, 4) is 0 Å². The number of rotatable bonds is 4. The minimum absolute atomic E-state index is 0.0543. The van der Waals surface area contributed by atoms with E-state index < -0.39 is 0 Å². The van der Waals surface area contributed by atoms with Gasteiger partial charge >= 0.3 is 0 Å². The van der Waals surface area contributed by atoms with Crippen LogP contribution in [0, 0.1) is 0 Å². The maximum absolute atomic E-state index is 4.62. The maximum Gasteiger partial charge on any atom is 0.0928 e. The van der Waals surface area contributed by atoms with Crippen molar-refractivity contribution in [2.75, 3.05) is 6.54 Å². The van der Waals surface area contributed by atoms with Crippen LogP contribution in [0.25, 0.3) is 10.8 Å². The zero-order valence-corrected chi connectivity index (χ0v) is 11.7. The molecule has 0 aliphatic carbocycles. The maximum atomic E-state index is 4.62. The molecule has 4 nitrogen and oxygen atoms in total. The zero-order valence-electron chi connectivity index (χ0n) is 11.7. The topological polar surface area (TPSA) is 42.7 Å². The van der Waals surface area contributed by atoms with Gasteiger partial charge in [0.25, 0.3) is 0 Å². The van der Waals surface area contributed by atoms with Gasteiger partial charge in [-0.15, -0.1) is 0 Å². The lowest BCUT2D eigenvalue weighted by molar-refractivity contribution is 0.565. The van der Waals surface area contributed by atoms with Gasteiger partial charge in [0.1, 0.15) is 0 Å². The molecule has 0 aliphatic rings. The fraction of sp³-hybridized carbons (Fsp3) is 0.250. The monoisotopic (exact) mass is 266 g/mol. The minimum atomic E-state index is 0.0543. The molecular formula is C16H18N4. The molecule has 4 heteroatoms. The van der Waals surface area contributed by atoms with Gasteiger partial charge in [-0.2, -0.15) is 5.10 Å². The Balaban J connectivity index is 2.17. The summed E-state index contributed by atoms with van der Waals surface area (Å²) in [4.78, 5) is 4.62. The third kappa shape index (κ3) is 2.18. The number of hydrogen-bond acceptors (Lipinski definition) is 3. The molecule has 1 atom stereocenters. The molecule has 0 amide bonds. The second kappa shape index (κ2) is 5.43. The Bertz CT molecular complexity index is 712. The molecule has 0 aliphatic heterocycles. The molecule has 0 radical (unpaired) electrons. The molecule has 2 heterocycles. The molecule has 0 spiro atoms. The first-order valence-corrected chi connectivity index (χ1v) is 6.86. The standard InChI is InChI=1S/C16H18N4/c1-3-17-16(14-9-11-19-20(14)2)15-13-7-5-4-6-12(13)8-10-18-15/h4-11,16-17H,3H2,1-2H3. The number of nitrogens with one attached hydrogen (secondary N) is 1. The van der Waals surface area contributed by atoms with Crippen LogP contribution in [0.4, 0.5) is 0 Å². The van der Waals surface area contributed by atoms with Crippen LogP contribution in [0.5, 0.6) is 0 Å². The molecule has 0 bridgehead atoms. The van der Waals surface area contributed by atoms with Gasteiger partial charge in [-0.05, 0) is 24.1 Å². The molecule has 1 N–H and O–H groups in total. The van der Waals surface area contributed by atoms with Gasteiger partial charge in [0, 0.05) is 24.8 Å². The van der Waals surface area contributed by atoms with Crippen molar-refractivity contribution in [2.45, 2.75) is 13.0 Å². The summed E-state index contributed by atoms with van der Waals surface area (Å²) in [6.45, 7) is 2.98. The first kappa shape index (κ1) is 12.8. The van der Waals surface area contributed by atoms with Crippen LogP contribution in [0.1, 0.15) is 24.4 Å². The van der Waals surface area contributed by atoms with Crippen molar-refractivity contribution < 1.29 is 0 Å². The molecule has 2 aromatic heterocycles. The lowest BCUT2D eigenvalue weighted by atomic mass is 10.0. The lowest BCUT2D eigenvalue weighted by Gasteiger charge is -2.19. The van der Waals surface area contributed by atoms with Gasteiger partial charge in [0.15, 0.2) is 0 Å². The van der Waals surface area contributed by atoms with Crippen LogP contribution in [0.15, 0.2) is 48.8 Å². The van der Waals surface area contributed by atoms with Crippen LogP contribution >= 0.6 is 0 Å². The highest BCUT2D eigenvalue weighted by atomic mass is 15.3. The summed E-state index contributed by atoms with van der Waals surface area (Å²) in [5.74, 6) is 0. The third-order valence-corrected chi connectivity index (χ3v) is 3.54. The van der Waals surface area contributed by atoms with Crippen molar-refractivity contribution >= 4 is 10.8 Å². The number of nitrogens with zero attached hydrogens (tertiary/aromatic N) is 3. The predicted octanol–water partition coefficient (Wildman–Crippen LogP) is 2.67. The second-order valence-electron chi connectivity index (χ2n) is 4.79. The second-order valence-corrected chi connectivity index (χ2v) is 4.79. The number of benzene rings is 1. The molecule has 1 unspecified atom stereocenters. The van der Waals surface area contributed by atoms with Gasteiger partial charge in [-0.25, -0.2) is 0 Å². The van der Waals surface area contributed by atoms with Gasteiger partial charge < -0.3 is 5.32 Å². The minimum Gasteiger partial charge on any atom is -0.304 e. The fourth-order valence-corrected chi connectivity index (χ4v) is 2.59. The van der Waals surface area contributed by atoms with Gasteiger partial charge in [-0.1, -0.05) is 31.2 Å². The van der Waals surface area contributed by atoms with E-state index in [1.165, 1.54) is 10.8 Å². The Morgan fingerprint density at radius 3 is 2.75 bits per heavy atom. The summed E-state index contributed by atoms with van der Waals surface area (Å²) in [6, 6.07) is 12.5. The number of aromatic nitrogens is 3. The number of pyridine rings is 1. The van der Waals surface area contributed by atoms with E-state index in [1.807, 2.05) is 36.3 Å². The van der Waals surface area contributed by atoms with Crippen molar-refractivity contribution in [1.82, 2.24) is 20.1 Å². The van der Waals surface area contributed by atoms with Crippen LogP contribution in [-0.2, 0) is 7.05 Å². The molecule has 3 rings (SSSR count). The number of aryl methyl sites for hydroxylation is 1. The molecule has 0 saturated heterocycles. The molecular weight excluding hydrogens is 248 g/mol. The van der Waals surface area contributed by atoms with Gasteiger partial charge in [-0.3, -0.25) is 9.67 Å². The van der Waals surface area contributed by atoms with E-state index in [4.69, 9.17) is 0 Å². The number of fused-ring (bicyclic) bond motifs is 1. The Labute approximate surface area is 118 Å². The highest BCUT2D eigenvalue weighted by Gasteiger charge is 2.19. The summed E-state index contributed by atoms with van der Waals surface area (Å²) < 4.78 is 1.90. The summed E-state index contributed by atoms with van der Waals surface area (Å²) >= 11 is 0. The highest BCUT2D eigenvalue weighted by molar-refractivity contribution is 5.85. The number of hydrogen-bond donors (Lipinski definition) is 1. The summed E-state index contributed by atoms with van der Waals surface area (Å²) in [5.41, 5.74) is 2.17. The zero-order chi connectivity index (χ0) is 13.9. The van der Waals surface area contributed by atoms with E-state index in [2.05, 4.69) is 46.6 Å². The Kier molecular flexibility index (Phi) is 3.48. The molecule has 3 aromatic rings. The molecule has 0 fully saturated rings. The van der Waals surface area contributed by atoms with Crippen LogP contribution in [0.2, 0.25) is 0 Å². The fourth-order valence-electron chi connectivity index (χ4n) is 2.59. The van der Waals surface area contributed by atoms with Crippen molar-refractivity contribution in [3.05, 3.63) is 60.2 Å². The summed E-state index contributed by atoms with van der Waals surface area (Å²) in [5, 5.41) is 10.2. The first-order chi connectivity index (χ1) is 9.81. The van der Waals surface area contributed by atoms with Crippen molar-refractivity contribution in [3.63, 3.8) is 0 Å². The van der Waals surface area contributed by atoms with Crippen LogP contribution in [0.3, 0.4) is 0 Å². The Hall–Kier alpha value is -2.20. The van der Waals surface area contributed by atoms with E-state index >= 15 is 0 Å². The third-order valence-electron chi connectivity index (χ3n) is 3.54. The summed E-state index contributed by atoms with van der Waals surface area (Å²) in [6.07, 6.45) is 3.70. The summed E-state index contributed by atoms with van der Waals surface area (Å²) in [7, 11) is 1.96. The Morgan fingerprint density at radius 1 is 1.15 bits per heavy atom. The van der Waals surface area contributed by atoms with Crippen LogP contribution < -0.4 is 5.32 Å². The van der Waals surface area contributed by atoms with E-state index in [9.17, 15) is 0 Å². The van der Waals surface area contributed by atoms with Gasteiger partial charge in [0.2, 0.25) is 0 Å². The van der Waals surface area contributed by atoms with E-state index in [-0.39, 0.29) is 6.04 Å². The van der Waals surface area contributed by atoms with E-state index in [0.29, 0.717) is 0 Å². The molecule has 0 saturated carbocycles. The smallest absolute Gasteiger partial charge is 0.0928 e. The SMILES string of the molecule is CCNC(c1nccc2ccccc12)c1ccnn1C. The Morgan fingerprint density at radius 2 is 2.00 bits per heavy atom. The largest absolute Gasteiger partial charge is 0.304 e. The van der Waals surface area contributed by atoms with Gasteiger partial charge in [0.05, 0.1) is 17.4 Å². The van der Waals surface area contributed by atoms with Crippen molar-refractivity contribution in [1.29, 1.82) is 0 Å². The molecule has 1 aromatic carbocycles. The van der Waals surface area contributed by atoms with Crippen LogP contribution in [-0.4, -0.2) is 21.3 Å². The normalized spacial score (nSPS) is 12.7. The average Bonchev–Trinajstić information content (AvgIpc) is 2.90. The highest BCUT2D eigenvalue weighted by Crippen LogP contribution is 2.26. The van der Waals surface area contributed by atoms with E-state index in [1.54, 1.807) is 0 Å². The predicted molar refractivity (Wildman–Crippen MR) is 80.5 cm³/mol. The quantitative estimate of drug-likeness (QED) is 0.789.